The third-order valence-electron chi connectivity index (χ3n) is 2.16. The van der Waals surface area contributed by atoms with Crippen molar-refractivity contribution in [3.8, 4) is 0 Å². The molecule has 0 aliphatic heterocycles. The molecule has 2 heteroatoms. The highest BCUT2D eigenvalue weighted by atomic mass is 33.2. The fourth-order valence-electron chi connectivity index (χ4n) is 0.936. The third-order valence-corrected chi connectivity index (χ3v) is 6.95. The molecule has 0 nitrogen and oxygen atoms in total. The molecule has 0 amide bonds. The molecule has 0 aromatic heterocycles. The van der Waals surface area contributed by atoms with Gasteiger partial charge in [-0.05, 0) is 36.0 Å². The van der Waals surface area contributed by atoms with Crippen molar-refractivity contribution in [2.45, 2.75) is 33.6 Å². The second-order valence-corrected chi connectivity index (χ2v) is 11.1. The van der Waals surface area contributed by atoms with Gasteiger partial charge in [0.15, 0.2) is 0 Å². The Bertz CT molecular complexity index is 150. The predicted molar refractivity (Wildman–Crippen MR) is 70.8 cm³/mol. The largest absolute Gasteiger partial charge is 0.195 e. The molecule has 0 radical (unpaired) electrons. The van der Waals surface area contributed by atoms with Crippen LogP contribution in [0.15, 0.2) is 11.5 Å². The van der Waals surface area contributed by atoms with Crippen molar-refractivity contribution < 1.29 is 0 Å². The number of allylic oxidation sites excluding steroid dienone is 1. The van der Waals surface area contributed by atoms with Crippen molar-refractivity contribution in [1.29, 1.82) is 0 Å². The number of rotatable bonds is 6. The molecule has 0 aliphatic rings. The highest BCUT2D eigenvalue weighted by Crippen LogP contribution is 2.53. The molecular formula is C11H24S2. The van der Waals surface area contributed by atoms with E-state index in [0.29, 0.717) is 0 Å². The van der Waals surface area contributed by atoms with Gasteiger partial charge in [-0.15, -0.1) is 0 Å². The standard InChI is InChI=1S/C11H24S2/c1-6-8-11(3)9-10-12-13(4,5)7-2/h9-11H,6-8H2,1-5H3/b10-9+. The van der Waals surface area contributed by atoms with Crippen LogP contribution in [0.25, 0.3) is 0 Å². The molecule has 80 valence electrons. The fraction of sp³-hybridized carbons (Fsp3) is 0.818. The van der Waals surface area contributed by atoms with Gasteiger partial charge in [0.2, 0.25) is 0 Å². The first-order valence-corrected chi connectivity index (χ1v) is 9.09. The summed E-state index contributed by atoms with van der Waals surface area (Å²) in [6.07, 6.45) is 9.73. The Morgan fingerprint density at radius 1 is 1.31 bits per heavy atom. The SMILES string of the molecule is CCCC(C)/C=C/SS(C)(C)CC. The summed E-state index contributed by atoms with van der Waals surface area (Å²) >= 11 is 0. The van der Waals surface area contributed by atoms with Gasteiger partial charge in [-0.3, -0.25) is 0 Å². The van der Waals surface area contributed by atoms with E-state index in [1.807, 2.05) is 10.8 Å². The topological polar surface area (TPSA) is 0 Å². The summed E-state index contributed by atoms with van der Waals surface area (Å²) in [5, 5.41) is 2.32. The van der Waals surface area contributed by atoms with E-state index in [1.165, 1.54) is 18.6 Å². The van der Waals surface area contributed by atoms with Crippen LogP contribution in [0, 0.1) is 5.92 Å². The van der Waals surface area contributed by atoms with Gasteiger partial charge in [-0.1, -0.05) is 44.1 Å². The van der Waals surface area contributed by atoms with E-state index in [0.717, 1.165) is 5.92 Å². The van der Waals surface area contributed by atoms with Crippen LogP contribution in [-0.4, -0.2) is 18.3 Å². The normalized spacial score (nSPS) is 16.4. The van der Waals surface area contributed by atoms with E-state index in [4.69, 9.17) is 0 Å². The fourth-order valence-corrected chi connectivity index (χ4v) is 3.21. The Labute approximate surface area is 89.3 Å². The molecule has 13 heavy (non-hydrogen) atoms. The quantitative estimate of drug-likeness (QED) is 0.586. The lowest BCUT2D eigenvalue weighted by molar-refractivity contribution is 0.635. The molecule has 0 aromatic rings. The van der Waals surface area contributed by atoms with Crippen LogP contribution < -0.4 is 0 Å². The summed E-state index contributed by atoms with van der Waals surface area (Å²) in [6.45, 7) is 6.83. The summed E-state index contributed by atoms with van der Waals surface area (Å²) in [7, 11) is 1.64. The van der Waals surface area contributed by atoms with Crippen LogP contribution in [0.4, 0.5) is 0 Å². The average Bonchev–Trinajstić information content (AvgIpc) is 2.05. The highest BCUT2D eigenvalue weighted by Gasteiger charge is 2.06. The third kappa shape index (κ3) is 7.51. The molecule has 0 saturated heterocycles. The van der Waals surface area contributed by atoms with E-state index in [1.54, 1.807) is 0 Å². The van der Waals surface area contributed by atoms with E-state index < -0.39 is 9.06 Å². The van der Waals surface area contributed by atoms with E-state index in [9.17, 15) is 0 Å². The molecule has 0 rings (SSSR count). The number of hydrogen-bond acceptors (Lipinski definition) is 1. The first kappa shape index (κ1) is 13.4. The van der Waals surface area contributed by atoms with Crippen molar-refractivity contribution >= 4 is 19.9 Å². The Morgan fingerprint density at radius 3 is 2.38 bits per heavy atom. The molecular weight excluding hydrogens is 196 g/mol. The van der Waals surface area contributed by atoms with Crippen LogP contribution in [0.2, 0.25) is 0 Å². The molecule has 0 saturated carbocycles. The van der Waals surface area contributed by atoms with Crippen LogP contribution in [0.3, 0.4) is 0 Å². The van der Waals surface area contributed by atoms with Crippen LogP contribution in [0.1, 0.15) is 33.6 Å². The molecule has 0 aliphatic carbocycles. The summed E-state index contributed by atoms with van der Waals surface area (Å²) in [4.78, 5) is 0. The van der Waals surface area contributed by atoms with Crippen LogP contribution in [0.5, 0.6) is 0 Å². The van der Waals surface area contributed by atoms with Crippen LogP contribution >= 0.6 is 19.9 Å². The summed E-state index contributed by atoms with van der Waals surface area (Å²) < 4.78 is 0. The average molecular weight is 220 g/mol. The molecule has 0 aromatic carbocycles. The van der Waals surface area contributed by atoms with Gasteiger partial charge < -0.3 is 0 Å². The second kappa shape index (κ2) is 6.83. The molecule has 0 bridgehead atoms. The van der Waals surface area contributed by atoms with Crippen molar-refractivity contribution in [3.63, 3.8) is 0 Å². The second-order valence-electron chi connectivity index (χ2n) is 3.92. The lowest BCUT2D eigenvalue weighted by Gasteiger charge is -2.26. The zero-order chi connectivity index (χ0) is 10.3. The molecule has 0 spiro atoms. The zero-order valence-electron chi connectivity index (χ0n) is 9.67. The predicted octanol–water partition coefficient (Wildman–Crippen LogP) is 4.67. The molecule has 0 N–H and O–H groups in total. The Hall–Kier alpha value is 0.440. The monoisotopic (exact) mass is 220 g/mol. The van der Waals surface area contributed by atoms with Crippen molar-refractivity contribution in [3.05, 3.63) is 11.5 Å². The summed E-state index contributed by atoms with van der Waals surface area (Å²) in [5.41, 5.74) is 0. The smallest absolute Gasteiger partial charge is 0.0172 e. The minimum absolute atomic E-state index is 0.400. The first-order chi connectivity index (χ1) is 6.02. The lowest BCUT2D eigenvalue weighted by atomic mass is 10.1. The Morgan fingerprint density at radius 2 is 1.92 bits per heavy atom. The van der Waals surface area contributed by atoms with Gasteiger partial charge in [0.1, 0.15) is 0 Å². The zero-order valence-corrected chi connectivity index (χ0v) is 11.3. The van der Waals surface area contributed by atoms with Gasteiger partial charge in [0, 0.05) is 0 Å². The minimum Gasteiger partial charge on any atom is -0.195 e. The van der Waals surface area contributed by atoms with Gasteiger partial charge in [-0.25, -0.2) is 0 Å². The van der Waals surface area contributed by atoms with Gasteiger partial charge in [0.05, 0.1) is 0 Å². The highest BCUT2D eigenvalue weighted by molar-refractivity contribution is 8.94. The van der Waals surface area contributed by atoms with E-state index in [2.05, 4.69) is 44.8 Å². The Balaban J connectivity index is 3.73. The molecule has 0 fully saturated rings. The Kier molecular flexibility index (Phi) is 7.06. The summed E-state index contributed by atoms with van der Waals surface area (Å²) in [6, 6.07) is 0. The van der Waals surface area contributed by atoms with Crippen molar-refractivity contribution in [2.75, 3.05) is 18.3 Å². The van der Waals surface area contributed by atoms with Crippen molar-refractivity contribution in [1.82, 2.24) is 0 Å². The van der Waals surface area contributed by atoms with Gasteiger partial charge in [0.25, 0.3) is 0 Å². The van der Waals surface area contributed by atoms with E-state index in [-0.39, 0.29) is 0 Å². The molecule has 0 heterocycles. The van der Waals surface area contributed by atoms with Gasteiger partial charge in [-0.2, -0.15) is 9.06 Å². The van der Waals surface area contributed by atoms with Crippen LogP contribution in [-0.2, 0) is 0 Å². The van der Waals surface area contributed by atoms with Crippen molar-refractivity contribution in [2.24, 2.45) is 5.92 Å². The molecule has 1 unspecified atom stereocenters. The minimum atomic E-state index is -0.400. The summed E-state index contributed by atoms with van der Waals surface area (Å²) in [5.74, 6) is 2.06. The maximum absolute atomic E-state index is 2.38. The maximum atomic E-state index is 2.38. The van der Waals surface area contributed by atoms with E-state index >= 15 is 0 Å². The lowest BCUT2D eigenvalue weighted by Crippen LogP contribution is -1.91. The molecule has 1 atom stereocenters. The maximum Gasteiger partial charge on any atom is -0.0172 e. The van der Waals surface area contributed by atoms with Gasteiger partial charge >= 0.3 is 0 Å². The number of hydrogen-bond donors (Lipinski definition) is 0. The first-order valence-electron chi connectivity index (χ1n) is 5.07.